The van der Waals surface area contributed by atoms with Gasteiger partial charge in [-0.1, -0.05) is 0 Å². The van der Waals surface area contributed by atoms with Gasteiger partial charge in [0.15, 0.2) is 0 Å². The molecule has 3 rings (SSSR count). The maximum atomic E-state index is 10.9. The highest BCUT2D eigenvalue weighted by molar-refractivity contribution is 5.93. The molecule has 1 aromatic carbocycles. The van der Waals surface area contributed by atoms with Crippen LogP contribution < -0.4 is 0 Å². The molecule has 1 aliphatic rings. The van der Waals surface area contributed by atoms with E-state index in [0.29, 0.717) is 5.58 Å². The Bertz CT molecular complexity index is 607. The summed E-state index contributed by atoms with van der Waals surface area (Å²) < 4.78 is 5.38. The Balaban J connectivity index is 2.31. The number of carboxylic acids is 1. The van der Waals surface area contributed by atoms with Gasteiger partial charge in [-0.3, -0.25) is 0 Å². The van der Waals surface area contributed by atoms with Gasteiger partial charge < -0.3 is 9.52 Å². The van der Waals surface area contributed by atoms with Gasteiger partial charge in [0.05, 0.1) is 0 Å². The summed E-state index contributed by atoms with van der Waals surface area (Å²) in [7, 11) is 0. The number of aryl methyl sites for hydroxylation is 2. The summed E-state index contributed by atoms with van der Waals surface area (Å²) in [6.45, 7) is 2.08. The van der Waals surface area contributed by atoms with Crippen LogP contribution in [0.4, 0.5) is 0 Å². The third-order valence-corrected chi connectivity index (χ3v) is 3.59. The van der Waals surface area contributed by atoms with Crippen LogP contribution >= 0.6 is 0 Å². The average molecular weight is 230 g/mol. The molecule has 0 unspecified atom stereocenters. The van der Waals surface area contributed by atoms with Crippen LogP contribution in [0.2, 0.25) is 0 Å². The van der Waals surface area contributed by atoms with Gasteiger partial charge in [0.1, 0.15) is 5.58 Å². The van der Waals surface area contributed by atoms with Crippen molar-refractivity contribution in [2.24, 2.45) is 0 Å². The number of hydrogen-bond donors (Lipinski definition) is 1. The van der Waals surface area contributed by atoms with Crippen molar-refractivity contribution in [2.45, 2.75) is 32.6 Å². The highest BCUT2D eigenvalue weighted by Crippen LogP contribution is 2.33. The molecule has 0 saturated heterocycles. The lowest BCUT2D eigenvalue weighted by atomic mass is 9.86. The lowest BCUT2D eigenvalue weighted by molar-refractivity contribution is 0.0665. The summed E-state index contributed by atoms with van der Waals surface area (Å²) in [5, 5.41) is 9.95. The second-order valence-electron chi connectivity index (χ2n) is 4.69. The van der Waals surface area contributed by atoms with Crippen molar-refractivity contribution in [3.63, 3.8) is 0 Å². The largest absolute Gasteiger partial charge is 0.475 e. The van der Waals surface area contributed by atoms with Crippen LogP contribution in [-0.2, 0) is 12.8 Å². The van der Waals surface area contributed by atoms with Crippen LogP contribution in [0, 0.1) is 6.92 Å². The Hall–Kier alpha value is -1.77. The summed E-state index contributed by atoms with van der Waals surface area (Å²) >= 11 is 0. The first-order valence-electron chi connectivity index (χ1n) is 5.95. The fourth-order valence-electron chi connectivity index (χ4n) is 2.78. The second-order valence-corrected chi connectivity index (χ2v) is 4.69. The summed E-state index contributed by atoms with van der Waals surface area (Å²) in [6, 6.07) is 3.63. The van der Waals surface area contributed by atoms with Gasteiger partial charge in [-0.05, 0) is 61.4 Å². The van der Waals surface area contributed by atoms with Crippen molar-refractivity contribution in [2.75, 3.05) is 0 Å². The highest BCUT2D eigenvalue weighted by atomic mass is 16.4. The standard InChI is InChI=1S/C14H14O3/c1-8-6-12-11(7-13(17-12)14(15)16)10-5-3-2-4-9(8)10/h6-7H,2-5H2,1H3,(H,15,16). The van der Waals surface area contributed by atoms with E-state index in [1.54, 1.807) is 6.07 Å². The maximum absolute atomic E-state index is 10.9. The summed E-state index contributed by atoms with van der Waals surface area (Å²) in [6.07, 6.45) is 4.54. The van der Waals surface area contributed by atoms with E-state index in [1.807, 2.05) is 6.07 Å². The molecular formula is C14H14O3. The van der Waals surface area contributed by atoms with E-state index in [9.17, 15) is 4.79 Å². The second kappa shape index (κ2) is 3.62. The van der Waals surface area contributed by atoms with Gasteiger partial charge in [0, 0.05) is 5.39 Å². The smallest absolute Gasteiger partial charge is 0.371 e. The minimum atomic E-state index is -0.997. The van der Waals surface area contributed by atoms with Crippen LogP contribution in [0.15, 0.2) is 16.5 Å². The molecular weight excluding hydrogens is 216 g/mol. The van der Waals surface area contributed by atoms with E-state index in [4.69, 9.17) is 9.52 Å². The van der Waals surface area contributed by atoms with E-state index in [-0.39, 0.29) is 5.76 Å². The molecule has 1 aliphatic carbocycles. The third kappa shape index (κ3) is 1.54. The molecule has 0 spiro atoms. The van der Waals surface area contributed by atoms with Crippen molar-refractivity contribution in [1.82, 2.24) is 0 Å². The first-order chi connectivity index (χ1) is 8.16. The fourth-order valence-corrected chi connectivity index (χ4v) is 2.78. The zero-order valence-electron chi connectivity index (χ0n) is 9.75. The number of hydrogen-bond acceptors (Lipinski definition) is 2. The SMILES string of the molecule is Cc1cc2oc(C(=O)O)cc2c2c1CCCC2. The fraction of sp³-hybridized carbons (Fsp3) is 0.357. The Labute approximate surface area is 99.0 Å². The zero-order valence-corrected chi connectivity index (χ0v) is 9.75. The van der Waals surface area contributed by atoms with Gasteiger partial charge in [0.2, 0.25) is 5.76 Å². The molecule has 0 saturated carbocycles. The molecule has 0 atom stereocenters. The maximum Gasteiger partial charge on any atom is 0.371 e. The quantitative estimate of drug-likeness (QED) is 0.817. The van der Waals surface area contributed by atoms with E-state index >= 15 is 0 Å². The number of aromatic carboxylic acids is 1. The predicted octanol–water partition coefficient (Wildman–Crippen LogP) is 3.32. The summed E-state index contributed by atoms with van der Waals surface area (Å²) in [5.41, 5.74) is 4.61. The van der Waals surface area contributed by atoms with E-state index < -0.39 is 5.97 Å². The molecule has 0 bridgehead atoms. The van der Waals surface area contributed by atoms with Crippen molar-refractivity contribution >= 4 is 16.9 Å². The number of furan rings is 1. The van der Waals surface area contributed by atoms with Crippen LogP contribution in [0.3, 0.4) is 0 Å². The molecule has 0 aliphatic heterocycles. The van der Waals surface area contributed by atoms with Gasteiger partial charge in [0.25, 0.3) is 0 Å². The molecule has 2 aromatic rings. The molecule has 1 N–H and O–H groups in total. The molecule has 3 nitrogen and oxygen atoms in total. The Morgan fingerprint density at radius 1 is 1.24 bits per heavy atom. The lowest BCUT2D eigenvalue weighted by Crippen LogP contribution is -2.04. The number of rotatable bonds is 1. The number of benzene rings is 1. The molecule has 0 radical (unpaired) electrons. The minimum Gasteiger partial charge on any atom is -0.475 e. The van der Waals surface area contributed by atoms with Crippen LogP contribution in [0.5, 0.6) is 0 Å². The topological polar surface area (TPSA) is 50.4 Å². The minimum absolute atomic E-state index is 0.0402. The van der Waals surface area contributed by atoms with Crippen molar-refractivity contribution < 1.29 is 14.3 Å². The van der Waals surface area contributed by atoms with E-state index in [0.717, 1.165) is 18.2 Å². The Morgan fingerprint density at radius 3 is 2.65 bits per heavy atom. The Morgan fingerprint density at radius 2 is 1.94 bits per heavy atom. The molecule has 17 heavy (non-hydrogen) atoms. The molecule has 1 aromatic heterocycles. The highest BCUT2D eigenvalue weighted by Gasteiger charge is 2.19. The molecule has 0 amide bonds. The normalized spacial score (nSPS) is 14.9. The van der Waals surface area contributed by atoms with Crippen molar-refractivity contribution in [3.05, 3.63) is 34.6 Å². The predicted molar refractivity (Wildman–Crippen MR) is 64.6 cm³/mol. The first-order valence-corrected chi connectivity index (χ1v) is 5.95. The number of carbonyl (C=O) groups is 1. The summed E-state index contributed by atoms with van der Waals surface area (Å²) in [5.74, 6) is -0.957. The van der Waals surface area contributed by atoms with Gasteiger partial charge >= 0.3 is 5.97 Å². The Kier molecular flexibility index (Phi) is 2.21. The van der Waals surface area contributed by atoms with Crippen LogP contribution in [0.1, 0.15) is 40.1 Å². The number of carboxylic acid groups (broad SMARTS) is 1. The molecule has 0 fully saturated rings. The zero-order chi connectivity index (χ0) is 12.0. The van der Waals surface area contributed by atoms with Crippen LogP contribution in [-0.4, -0.2) is 11.1 Å². The average Bonchev–Trinajstić information content (AvgIpc) is 2.73. The molecule has 1 heterocycles. The third-order valence-electron chi connectivity index (χ3n) is 3.59. The van der Waals surface area contributed by atoms with Gasteiger partial charge in [-0.15, -0.1) is 0 Å². The number of fused-ring (bicyclic) bond motifs is 3. The lowest BCUT2D eigenvalue weighted by Gasteiger charge is -2.18. The van der Waals surface area contributed by atoms with E-state index in [2.05, 4.69) is 6.92 Å². The van der Waals surface area contributed by atoms with Crippen molar-refractivity contribution in [1.29, 1.82) is 0 Å². The van der Waals surface area contributed by atoms with Gasteiger partial charge in [-0.2, -0.15) is 0 Å². The van der Waals surface area contributed by atoms with Crippen molar-refractivity contribution in [3.8, 4) is 0 Å². The van der Waals surface area contributed by atoms with Gasteiger partial charge in [-0.25, -0.2) is 4.79 Å². The first kappa shape index (κ1) is 10.4. The monoisotopic (exact) mass is 230 g/mol. The molecule has 3 heteroatoms. The van der Waals surface area contributed by atoms with E-state index in [1.165, 1.54) is 29.5 Å². The van der Waals surface area contributed by atoms with Crippen LogP contribution in [0.25, 0.3) is 11.0 Å². The molecule has 88 valence electrons. The summed E-state index contributed by atoms with van der Waals surface area (Å²) in [4.78, 5) is 10.9.